The van der Waals surface area contributed by atoms with Crippen molar-refractivity contribution in [1.29, 1.82) is 0 Å². The number of benzene rings is 3. The summed E-state index contributed by atoms with van der Waals surface area (Å²) in [4.78, 5) is 36.6. The summed E-state index contributed by atoms with van der Waals surface area (Å²) in [6, 6.07) is 17.7. The van der Waals surface area contributed by atoms with Crippen molar-refractivity contribution in [2.24, 2.45) is 5.92 Å². The van der Waals surface area contributed by atoms with Crippen molar-refractivity contribution in [2.45, 2.75) is 60.2 Å². The lowest BCUT2D eigenvalue weighted by molar-refractivity contribution is -0.155. The van der Waals surface area contributed by atoms with E-state index >= 15 is 0 Å². The zero-order valence-corrected chi connectivity index (χ0v) is 24.5. The van der Waals surface area contributed by atoms with Gasteiger partial charge >= 0.3 is 17.9 Å². The Labute approximate surface area is 241 Å². The van der Waals surface area contributed by atoms with Gasteiger partial charge in [-0.25, -0.2) is 9.59 Å². The third-order valence-electron chi connectivity index (χ3n) is 7.14. The summed E-state index contributed by atoms with van der Waals surface area (Å²) in [5.41, 5.74) is 8.60. The Morgan fingerprint density at radius 2 is 1.27 bits per heavy atom. The lowest BCUT2D eigenvalue weighted by Crippen LogP contribution is -2.15. The molecule has 0 saturated carbocycles. The van der Waals surface area contributed by atoms with Crippen LogP contribution in [0.1, 0.15) is 68.6 Å². The average Bonchev–Trinajstić information content (AvgIpc) is 3.25. The van der Waals surface area contributed by atoms with Gasteiger partial charge in [0.15, 0.2) is 0 Å². The molecule has 4 rings (SSSR count). The zero-order chi connectivity index (χ0) is 30.0. The van der Waals surface area contributed by atoms with Gasteiger partial charge in [0.2, 0.25) is 0 Å². The third kappa shape index (κ3) is 6.49. The summed E-state index contributed by atoms with van der Waals surface area (Å²) < 4.78 is 16.9. The van der Waals surface area contributed by atoms with Crippen molar-refractivity contribution in [3.05, 3.63) is 101 Å². The van der Waals surface area contributed by atoms with Crippen molar-refractivity contribution in [2.75, 3.05) is 0 Å². The van der Waals surface area contributed by atoms with Crippen LogP contribution in [0.4, 0.5) is 0 Å². The first-order valence-electron chi connectivity index (χ1n) is 13.7. The molecule has 2 unspecified atom stereocenters. The first kappa shape index (κ1) is 29.5. The van der Waals surface area contributed by atoms with Gasteiger partial charge in [0, 0.05) is 23.1 Å². The average molecular weight is 553 g/mol. The second-order valence-corrected chi connectivity index (χ2v) is 11.0. The fourth-order valence-electron chi connectivity index (χ4n) is 4.83. The number of fused-ring (bicyclic) bond motifs is 1. The molecule has 0 heterocycles. The molecular weight excluding hydrogens is 516 g/mol. The number of esters is 3. The maximum Gasteiger partial charge on any atom is 0.338 e. The van der Waals surface area contributed by atoms with Crippen molar-refractivity contribution in [3.63, 3.8) is 0 Å². The van der Waals surface area contributed by atoms with Crippen LogP contribution in [0, 0.1) is 19.8 Å². The van der Waals surface area contributed by atoms with Crippen LogP contribution in [0.2, 0.25) is 0 Å². The van der Waals surface area contributed by atoms with Gasteiger partial charge in [-0.1, -0.05) is 63.4 Å². The van der Waals surface area contributed by atoms with Crippen LogP contribution in [0.5, 0.6) is 5.75 Å². The molecule has 212 valence electrons. The Hall–Kier alpha value is -4.45. The highest BCUT2D eigenvalue weighted by Crippen LogP contribution is 2.45. The summed E-state index contributed by atoms with van der Waals surface area (Å²) >= 11 is 0. The van der Waals surface area contributed by atoms with Crippen molar-refractivity contribution in [1.82, 2.24) is 0 Å². The molecule has 0 bridgehead atoms. The Balaban J connectivity index is 1.66. The number of hydrogen-bond donors (Lipinski definition) is 0. The molecule has 0 spiro atoms. The lowest BCUT2D eigenvalue weighted by Gasteiger charge is -2.17. The van der Waals surface area contributed by atoms with E-state index in [2.05, 4.69) is 39.1 Å². The molecule has 6 nitrogen and oxygen atoms in total. The van der Waals surface area contributed by atoms with Gasteiger partial charge in [-0.2, -0.15) is 0 Å². The van der Waals surface area contributed by atoms with E-state index in [1.165, 1.54) is 0 Å². The van der Waals surface area contributed by atoms with Gasteiger partial charge in [-0.15, -0.1) is 0 Å². The molecule has 0 radical (unpaired) electrons. The molecular formula is C35H36O6. The van der Waals surface area contributed by atoms with Crippen molar-refractivity contribution < 1.29 is 28.6 Å². The molecule has 6 heteroatoms. The Kier molecular flexibility index (Phi) is 8.62. The minimum absolute atomic E-state index is 0.275. The van der Waals surface area contributed by atoms with E-state index in [4.69, 9.17) is 14.2 Å². The van der Waals surface area contributed by atoms with E-state index in [0.29, 0.717) is 23.3 Å². The van der Waals surface area contributed by atoms with Gasteiger partial charge in [-0.05, 0) is 84.8 Å². The van der Waals surface area contributed by atoms with Gasteiger partial charge in [0.05, 0.1) is 5.92 Å². The van der Waals surface area contributed by atoms with Crippen LogP contribution in [0.3, 0.4) is 0 Å². The zero-order valence-electron chi connectivity index (χ0n) is 24.5. The van der Waals surface area contributed by atoms with Gasteiger partial charge < -0.3 is 14.2 Å². The van der Waals surface area contributed by atoms with Crippen molar-refractivity contribution >= 4 is 17.9 Å². The standard InChI is InChI=1S/C35H36O6/c1-19(2)33(36)39-26-12-9-24(10-13-26)28-15-23(8)29(16-22(28)7)25-11-14-27-30(17-25)32(41-35(38)21(5)6)18-31(27)40-34(37)20(3)4/h9-17,21,31-32H,1,3,18H2,2,4-8H3. The molecule has 1 aliphatic rings. The largest absolute Gasteiger partial charge is 0.457 e. The predicted octanol–water partition coefficient (Wildman–Crippen LogP) is 7.92. The van der Waals surface area contributed by atoms with Crippen LogP contribution in [-0.2, 0) is 23.9 Å². The number of carbonyl (C=O) groups excluding carboxylic acids is 3. The lowest BCUT2D eigenvalue weighted by atomic mass is 9.90. The van der Waals surface area contributed by atoms with E-state index in [1.807, 2.05) is 30.3 Å². The van der Waals surface area contributed by atoms with E-state index < -0.39 is 24.1 Å². The van der Waals surface area contributed by atoms with Crippen LogP contribution in [0.25, 0.3) is 22.3 Å². The normalized spacial score (nSPS) is 15.7. The first-order valence-corrected chi connectivity index (χ1v) is 13.7. The minimum Gasteiger partial charge on any atom is -0.457 e. The highest BCUT2D eigenvalue weighted by atomic mass is 16.6. The summed E-state index contributed by atoms with van der Waals surface area (Å²) in [6.45, 7) is 18.2. The molecule has 0 aromatic heterocycles. The smallest absolute Gasteiger partial charge is 0.338 e. The van der Waals surface area contributed by atoms with Crippen LogP contribution < -0.4 is 4.74 Å². The first-order chi connectivity index (χ1) is 19.3. The fourth-order valence-corrected chi connectivity index (χ4v) is 4.83. The van der Waals surface area contributed by atoms with Crippen LogP contribution in [-0.4, -0.2) is 17.9 Å². The minimum atomic E-state index is -0.518. The van der Waals surface area contributed by atoms with E-state index in [0.717, 1.165) is 44.5 Å². The van der Waals surface area contributed by atoms with Gasteiger partial charge in [-0.3, -0.25) is 4.79 Å². The van der Waals surface area contributed by atoms with Crippen LogP contribution in [0.15, 0.2) is 78.9 Å². The quantitative estimate of drug-likeness (QED) is 0.160. The van der Waals surface area contributed by atoms with E-state index in [9.17, 15) is 14.4 Å². The maximum absolute atomic E-state index is 12.5. The number of ether oxygens (including phenoxy) is 3. The summed E-state index contributed by atoms with van der Waals surface area (Å²) in [5, 5.41) is 0. The Morgan fingerprint density at radius 1 is 0.732 bits per heavy atom. The highest BCUT2D eigenvalue weighted by Gasteiger charge is 2.36. The second-order valence-electron chi connectivity index (χ2n) is 11.0. The van der Waals surface area contributed by atoms with E-state index in [-0.39, 0.29) is 11.9 Å². The molecule has 0 fully saturated rings. The molecule has 1 aliphatic carbocycles. The molecule has 3 aromatic rings. The summed E-state index contributed by atoms with van der Waals surface area (Å²) in [7, 11) is 0. The van der Waals surface area contributed by atoms with E-state index in [1.54, 1.807) is 39.8 Å². The molecule has 3 aromatic carbocycles. The third-order valence-corrected chi connectivity index (χ3v) is 7.14. The molecule has 2 atom stereocenters. The molecule has 0 amide bonds. The van der Waals surface area contributed by atoms with Crippen molar-refractivity contribution in [3.8, 4) is 28.0 Å². The molecule has 41 heavy (non-hydrogen) atoms. The second kappa shape index (κ2) is 12.0. The predicted molar refractivity (Wildman–Crippen MR) is 159 cm³/mol. The molecule has 0 saturated heterocycles. The fraction of sp³-hybridized carbons (Fsp3) is 0.286. The SMILES string of the molecule is C=C(C)C(=O)Oc1ccc(-c2cc(C)c(-c3ccc4c(c3)C(OC(=O)C(C)C)CC4OC(=O)C(=C)C)cc2C)cc1. The van der Waals surface area contributed by atoms with Crippen LogP contribution >= 0.6 is 0 Å². The number of carbonyl (C=O) groups is 3. The topological polar surface area (TPSA) is 78.9 Å². The Morgan fingerprint density at radius 3 is 1.83 bits per heavy atom. The highest BCUT2D eigenvalue weighted by molar-refractivity contribution is 5.89. The summed E-state index contributed by atoms with van der Waals surface area (Å²) in [6.07, 6.45) is -0.665. The molecule has 0 aliphatic heterocycles. The number of rotatable bonds is 8. The van der Waals surface area contributed by atoms with Gasteiger partial charge in [0.25, 0.3) is 0 Å². The van der Waals surface area contributed by atoms with Gasteiger partial charge in [0.1, 0.15) is 18.0 Å². The summed E-state index contributed by atoms with van der Waals surface area (Å²) in [5.74, 6) is -1.03. The molecule has 0 N–H and O–H groups in total. The number of aryl methyl sites for hydroxylation is 2. The monoisotopic (exact) mass is 552 g/mol. The maximum atomic E-state index is 12.5. The number of hydrogen-bond acceptors (Lipinski definition) is 6. The Bertz CT molecular complexity index is 1540.